The van der Waals surface area contributed by atoms with Crippen LogP contribution in [0.2, 0.25) is 0 Å². The lowest BCUT2D eigenvalue weighted by Gasteiger charge is -2.30. The zero-order valence-corrected chi connectivity index (χ0v) is 9.62. The van der Waals surface area contributed by atoms with Crippen molar-refractivity contribution in [2.45, 2.75) is 19.3 Å². The average molecular weight is 202 g/mol. The normalized spacial score (nSPS) is 10.9. The van der Waals surface area contributed by atoms with Gasteiger partial charge in [0.2, 0.25) is 0 Å². The SMILES string of the molecule is C=CN(C)C(=N)C(C)(C)c1ccccc1. The number of benzene rings is 1. The smallest absolute Gasteiger partial charge is 0.110 e. The standard InChI is InChI=1S/C13H18N2/c1-5-15(4)12(14)13(2,3)11-9-7-6-8-10-11/h5-10,14H,1H2,2-4H3. The molecule has 0 aliphatic heterocycles. The summed E-state index contributed by atoms with van der Waals surface area (Å²) in [6.07, 6.45) is 1.66. The predicted octanol–water partition coefficient (Wildman–Crippen LogP) is 3.02. The van der Waals surface area contributed by atoms with Crippen LogP contribution in [0.1, 0.15) is 19.4 Å². The Balaban J connectivity index is 3.02. The zero-order chi connectivity index (χ0) is 11.5. The van der Waals surface area contributed by atoms with Gasteiger partial charge in [-0.05, 0) is 25.6 Å². The molecule has 0 aromatic heterocycles. The number of amidine groups is 1. The fourth-order valence-corrected chi connectivity index (χ4v) is 1.52. The van der Waals surface area contributed by atoms with Gasteiger partial charge in [0, 0.05) is 12.5 Å². The van der Waals surface area contributed by atoms with Crippen molar-refractivity contribution < 1.29 is 0 Å². The summed E-state index contributed by atoms with van der Waals surface area (Å²) < 4.78 is 0. The summed E-state index contributed by atoms with van der Waals surface area (Å²) in [5.41, 5.74) is 0.855. The third kappa shape index (κ3) is 2.27. The van der Waals surface area contributed by atoms with E-state index in [1.807, 2.05) is 51.2 Å². The Labute approximate surface area is 91.7 Å². The highest BCUT2D eigenvalue weighted by Gasteiger charge is 2.27. The van der Waals surface area contributed by atoms with Crippen LogP contribution in [0.5, 0.6) is 0 Å². The summed E-state index contributed by atoms with van der Waals surface area (Å²) in [5, 5.41) is 8.09. The lowest BCUT2D eigenvalue weighted by molar-refractivity contribution is 0.571. The Morgan fingerprint density at radius 2 is 1.87 bits per heavy atom. The molecule has 0 spiro atoms. The first kappa shape index (κ1) is 11.5. The summed E-state index contributed by atoms with van der Waals surface area (Å²) >= 11 is 0. The van der Waals surface area contributed by atoms with Crippen molar-refractivity contribution in [3.05, 3.63) is 48.7 Å². The molecule has 0 bridgehead atoms. The Morgan fingerprint density at radius 1 is 1.33 bits per heavy atom. The minimum atomic E-state index is -0.288. The average Bonchev–Trinajstić information content (AvgIpc) is 2.28. The van der Waals surface area contributed by atoms with E-state index in [-0.39, 0.29) is 5.41 Å². The van der Waals surface area contributed by atoms with Gasteiger partial charge in [-0.2, -0.15) is 0 Å². The Kier molecular flexibility index (Phi) is 3.30. The maximum absolute atomic E-state index is 8.09. The first-order valence-electron chi connectivity index (χ1n) is 5.00. The van der Waals surface area contributed by atoms with Crippen molar-refractivity contribution >= 4 is 5.84 Å². The van der Waals surface area contributed by atoms with Gasteiger partial charge in [-0.25, -0.2) is 0 Å². The molecule has 0 aliphatic carbocycles. The van der Waals surface area contributed by atoms with E-state index in [4.69, 9.17) is 5.41 Å². The number of hydrogen-bond acceptors (Lipinski definition) is 1. The van der Waals surface area contributed by atoms with Crippen molar-refractivity contribution in [2.75, 3.05) is 7.05 Å². The fraction of sp³-hybridized carbons (Fsp3) is 0.308. The second-order valence-corrected chi connectivity index (χ2v) is 4.13. The lowest BCUT2D eigenvalue weighted by atomic mass is 9.83. The van der Waals surface area contributed by atoms with Crippen molar-refractivity contribution in [1.29, 1.82) is 5.41 Å². The van der Waals surface area contributed by atoms with E-state index in [1.165, 1.54) is 0 Å². The monoisotopic (exact) mass is 202 g/mol. The van der Waals surface area contributed by atoms with Crippen LogP contribution in [-0.4, -0.2) is 17.8 Å². The van der Waals surface area contributed by atoms with Crippen LogP contribution in [0.25, 0.3) is 0 Å². The molecule has 80 valence electrons. The van der Waals surface area contributed by atoms with E-state index < -0.39 is 0 Å². The van der Waals surface area contributed by atoms with Crippen LogP contribution in [-0.2, 0) is 5.41 Å². The Hall–Kier alpha value is -1.57. The molecule has 2 heteroatoms. The Bertz CT molecular complexity index is 352. The molecule has 1 N–H and O–H groups in total. The highest BCUT2D eigenvalue weighted by atomic mass is 15.1. The summed E-state index contributed by atoms with van der Waals surface area (Å²) in [5.74, 6) is 0.545. The molecule has 1 aromatic rings. The van der Waals surface area contributed by atoms with Gasteiger partial charge in [-0.3, -0.25) is 5.41 Å². The zero-order valence-electron chi connectivity index (χ0n) is 9.62. The number of hydrogen-bond donors (Lipinski definition) is 1. The quantitative estimate of drug-likeness (QED) is 0.592. The topological polar surface area (TPSA) is 27.1 Å². The largest absolute Gasteiger partial charge is 0.340 e. The molecule has 0 atom stereocenters. The van der Waals surface area contributed by atoms with E-state index in [2.05, 4.69) is 6.58 Å². The van der Waals surface area contributed by atoms with Gasteiger partial charge < -0.3 is 4.90 Å². The second-order valence-electron chi connectivity index (χ2n) is 4.13. The van der Waals surface area contributed by atoms with Crippen LogP contribution in [0.4, 0.5) is 0 Å². The van der Waals surface area contributed by atoms with Gasteiger partial charge >= 0.3 is 0 Å². The minimum absolute atomic E-state index is 0.288. The molecule has 0 aliphatic rings. The maximum Gasteiger partial charge on any atom is 0.110 e. The van der Waals surface area contributed by atoms with Crippen molar-refractivity contribution in [3.63, 3.8) is 0 Å². The number of nitrogens with zero attached hydrogens (tertiary/aromatic N) is 1. The molecule has 0 heterocycles. The first-order valence-corrected chi connectivity index (χ1v) is 5.00. The molecule has 0 unspecified atom stereocenters. The highest BCUT2D eigenvalue weighted by Crippen LogP contribution is 2.25. The van der Waals surface area contributed by atoms with E-state index in [0.29, 0.717) is 5.84 Å². The number of rotatable bonds is 3. The first-order chi connectivity index (χ1) is 7.00. The van der Waals surface area contributed by atoms with Crippen LogP contribution in [0.3, 0.4) is 0 Å². The van der Waals surface area contributed by atoms with E-state index in [9.17, 15) is 0 Å². The highest BCUT2D eigenvalue weighted by molar-refractivity contribution is 5.90. The van der Waals surface area contributed by atoms with Crippen LogP contribution in [0.15, 0.2) is 43.1 Å². The molecular formula is C13H18N2. The Morgan fingerprint density at radius 3 is 2.33 bits per heavy atom. The maximum atomic E-state index is 8.09. The van der Waals surface area contributed by atoms with Crippen LogP contribution < -0.4 is 0 Å². The van der Waals surface area contributed by atoms with Gasteiger partial charge in [0.05, 0.1) is 0 Å². The molecule has 0 saturated heterocycles. The van der Waals surface area contributed by atoms with Crippen molar-refractivity contribution in [1.82, 2.24) is 4.90 Å². The molecule has 15 heavy (non-hydrogen) atoms. The van der Waals surface area contributed by atoms with Gasteiger partial charge in [0.15, 0.2) is 0 Å². The van der Waals surface area contributed by atoms with Crippen LogP contribution in [0, 0.1) is 5.41 Å². The third-order valence-corrected chi connectivity index (χ3v) is 2.71. The molecule has 0 radical (unpaired) electrons. The van der Waals surface area contributed by atoms with Crippen molar-refractivity contribution in [2.24, 2.45) is 0 Å². The summed E-state index contributed by atoms with van der Waals surface area (Å²) in [7, 11) is 1.85. The number of nitrogens with one attached hydrogen (secondary N) is 1. The number of likely N-dealkylation sites (N-methyl/N-ethyl adjacent to an activating group) is 1. The third-order valence-electron chi connectivity index (χ3n) is 2.71. The van der Waals surface area contributed by atoms with Gasteiger partial charge in [-0.1, -0.05) is 36.9 Å². The van der Waals surface area contributed by atoms with Gasteiger partial charge in [-0.15, -0.1) is 0 Å². The van der Waals surface area contributed by atoms with E-state index in [0.717, 1.165) is 5.56 Å². The van der Waals surface area contributed by atoms with E-state index in [1.54, 1.807) is 11.1 Å². The molecule has 0 fully saturated rings. The summed E-state index contributed by atoms with van der Waals surface area (Å²) in [6, 6.07) is 10.1. The molecular weight excluding hydrogens is 184 g/mol. The minimum Gasteiger partial charge on any atom is -0.340 e. The lowest BCUT2D eigenvalue weighted by Crippen LogP contribution is -2.38. The van der Waals surface area contributed by atoms with Gasteiger partial charge in [0.25, 0.3) is 0 Å². The van der Waals surface area contributed by atoms with E-state index >= 15 is 0 Å². The molecule has 0 saturated carbocycles. The molecule has 1 aromatic carbocycles. The molecule has 0 amide bonds. The summed E-state index contributed by atoms with van der Waals surface area (Å²) in [4.78, 5) is 1.74. The molecule has 2 nitrogen and oxygen atoms in total. The van der Waals surface area contributed by atoms with Gasteiger partial charge in [0.1, 0.15) is 5.84 Å². The van der Waals surface area contributed by atoms with Crippen LogP contribution >= 0.6 is 0 Å². The summed E-state index contributed by atoms with van der Waals surface area (Å²) in [6.45, 7) is 7.77. The van der Waals surface area contributed by atoms with Crippen molar-refractivity contribution in [3.8, 4) is 0 Å². The molecule has 1 rings (SSSR count). The second kappa shape index (κ2) is 4.30. The predicted molar refractivity (Wildman–Crippen MR) is 65.2 cm³/mol. The fourth-order valence-electron chi connectivity index (χ4n) is 1.52.